The molecule has 1 N–H and O–H groups in total. The number of ether oxygens (including phenoxy) is 1. The zero-order valence-electron chi connectivity index (χ0n) is 10.6. The van der Waals surface area contributed by atoms with E-state index in [4.69, 9.17) is 27.9 Å². The van der Waals surface area contributed by atoms with Crippen molar-refractivity contribution in [3.63, 3.8) is 0 Å². The van der Waals surface area contributed by atoms with E-state index in [-0.39, 0.29) is 19.1 Å². The Bertz CT molecular complexity index is 478. The van der Waals surface area contributed by atoms with E-state index in [0.717, 1.165) is 0 Å². The van der Waals surface area contributed by atoms with Crippen molar-refractivity contribution in [2.75, 3.05) is 27.2 Å². The number of benzene rings is 1. The van der Waals surface area contributed by atoms with Gasteiger partial charge in [-0.25, -0.2) is 0 Å². The summed E-state index contributed by atoms with van der Waals surface area (Å²) in [5.74, 6) is -0.288. The fraction of sp³-hybridized carbons (Fsp3) is 0.333. The fourth-order valence-corrected chi connectivity index (χ4v) is 1.45. The molecule has 0 aliphatic heterocycles. The Hall–Kier alpha value is -1.46. The molecule has 0 unspecified atom stereocenters. The molecule has 7 heteroatoms. The van der Waals surface area contributed by atoms with Crippen LogP contribution in [0.2, 0.25) is 10.0 Å². The molecule has 0 saturated heterocycles. The predicted molar refractivity (Wildman–Crippen MR) is 73.7 cm³/mol. The van der Waals surface area contributed by atoms with E-state index in [1.165, 1.54) is 11.0 Å². The van der Waals surface area contributed by atoms with Crippen LogP contribution >= 0.6 is 23.2 Å². The third-order valence-electron chi connectivity index (χ3n) is 2.19. The maximum atomic E-state index is 11.5. The highest BCUT2D eigenvalue weighted by Crippen LogP contribution is 2.27. The summed E-state index contributed by atoms with van der Waals surface area (Å²) in [6.45, 7) is -0.306. The van der Waals surface area contributed by atoms with E-state index in [1.54, 1.807) is 26.2 Å². The molecule has 1 aromatic carbocycles. The van der Waals surface area contributed by atoms with E-state index in [1.807, 2.05) is 0 Å². The molecule has 0 atom stereocenters. The lowest BCUT2D eigenvalue weighted by Gasteiger charge is -2.11. The lowest BCUT2D eigenvalue weighted by atomic mass is 10.3. The minimum atomic E-state index is -0.411. The molecule has 1 rings (SSSR count). The normalized spacial score (nSPS) is 9.89. The molecule has 0 fully saturated rings. The molecule has 0 aromatic heterocycles. The Kier molecular flexibility index (Phi) is 5.92. The van der Waals surface area contributed by atoms with Crippen LogP contribution < -0.4 is 10.1 Å². The number of nitrogens with zero attached hydrogens (tertiary/aromatic N) is 1. The molecule has 104 valence electrons. The van der Waals surface area contributed by atoms with Gasteiger partial charge in [-0.15, -0.1) is 0 Å². The van der Waals surface area contributed by atoms with E-state index in [2.05, 4.69) is 5.32 Å². The van der Waals surface area contributed by atoms with Crippen molar-refractivity contribution in [3.05, 3.63) is 28.2 Å². The van der Waals surface area contributed by atoms with E-state index < -0.39 is 5.91 Å². The zero-order valence-corrected chi connectivity index (χ0v) is 12.1. The van der Waals surface area contributed by atoms with Crippen LogP contribution in [0.5, 0.6) is 5.75 Å². The molecule has 0 spiro atoms. The Morgan fingerprint density at radius 1 is 1.32 bits per heavy atom. The van der Waals surface area contributed by atoms with Gasteiger partial charge in [0.05, 0.1) is 11.6 Å². The Morgan fingerprint density at radius 3 is 2.63 bits per heavy atom. The van der Waals surface area contributed by atoms with Crippen molar-refractivity contribution >= 4 is 35.0 Å². The molecule has 0 aliphatic rings. The number of carbonyl (C=O) groups excluding carboxylic acids is 2. The molecular weight excluding hydrogens is 291 g/mol. The number of hydrogen-bond donors (Lipinski definition) is 1. The van der Waals surface area contributed by atoms with E-state index >= 15 is 0 Å². The predicted octanol–water partition coefficient (Wildman–Crippen LogP) is 1.58. The second-order valence-corrected chi connectivity index (χ2v) is 4.77. The van der Waals surface area contributed by atoms with Crippen molar-refractivity contribution < 1.29 is 14.3 Å². The van der Waals surface area contributed by atoms with Crippen LogP contribution in [0.4, 0.5) is 0 Å². The van der Waals surface area contributed by atoms with Gasteiger partial charge in [0.15, 0.2) is 6.61 Å². The van der Waals surface area contributed by atoms with Gasteiger partial charge in [-0.3, -0.25) is 9.59 Å². The molecule has 5 nitrogen and oxygen atoms in total. The van der Waals surface area contributed by atoms with Gasteiger partial charge in [0.2, 0.25) is 5.91 Å². The lowest BCUT2D eigenvalue weighted by molar-refractivity contribution is -0.131. The number of likely N-dealkylation sites (N-methyl/N-ethyl adjacent to an activating group) is 1. The largest absolute Gasteiger partial charge is 0.482 e. The lowest BCUT2D eigenvalue weighted by Crippen LogP contribution is -2.38. The van der Waals surface area contributed by atoms with Crippen LogP contribution in [-0.4, -0.2) is 44.0 Å². The van der Waals surface area contributed by atoms with Gasteiger partial charge in [0, 0.05) is 25.2 Å². The van der Waals surface area contributed by atoms with Crippen LogP contribution in [0.1, 0.15) is 0 Å². The topological polar surface area (TPSA) is 58.6 Å². The minimum Gasteiger partial charge on any atom is -0.482 e. The number of nitrogens with one attached hydrogen (secondary N) is 1. The summed E-state index contributed by atoms with van der Waals surface area (Å²) in [4.78, 5) is 24.1. The maximum absolute atomic E-state index is 11.5. The quantitative estimate of drug-likeness (QED) is 0.898. The highest BCUT2D eigenvalue weighted by atomic mass is 35.5. The average molecular weight is 305 g/mol. The third-order valence-corrected chi connectivity index (χ3v) is 2.73. The van der Waals surface area contributed by atoms with Crippen LogP contribution in [0.15, 0.2) is 18.2 Å². The second-order valence-electron chi connectivity index (χ2n) is 3.93. The summed E-state index contributed by atoms with van der Waals surface area (Å²) in [5.41, 5.74) is 0. The third kappa shape index (κ3) is 5.36. The molecule has 0 radical (unpaired) electrons. The number of carbonyl (C=O) groups is 2. The number of rotatable bonds is 5. The summed E-state index contributed by atoms with van der Waals surface area (Å²) < 4.78 is 5.22. The molecule has 2 amide bonds. The first-order chi connectivity index (χ1) is 8.90. The second kappa shape index (κ2) is 7.21. The molecule has 0 bridgehead atoms. The molecule has 0 aliphatic carbocycles. The fourth-order valence-electron chi connectivity index (χ4n) is 1.11. The average Bonchev–Trinajstić information content (AvgIpc) is 2.36. The van der Waals surface area contributed by atoms with Crippen molar-refractivity contribution in [2.24, 2.45) is 0 Å². The summed E-state index contributed by atoms with van der Waals surface area (Å²) in [6.07, 6.45) is 0. The number of hydrogen-bond acceptors (Lipinski definition) is 3. The van der Waals surface area contributed by atoms with Crippen LogP contribution in [0.3, 0.4) is 0 Å². The van der Waals surface area contributed by atoms with Crippen molar-refractivity contribution in [2.45, 2.75) is 0 Å². The highest BCUT2D eigenvalue weighted by Gasteiger charge is 2.09. The Labute approximate surface area is 121 Å². The first-order valence-corrected chi connectivity index (χ1v) is 6.20. The van der Waals surface area contributed by atoms with Gasteiger partial charge < -0.3 is 15.0 Å². The van der Waals surface area contributed by atoms with Gasteiger partial charge in [-0.2, -0.15) is 0 Å². The summed E-state index contributed by atoms with van der Waals surface area (Å²) >= 11 is 11.7. The van der Waals surface area contributed by atoms with Gasteiger partial charge in [-0.1, -0.05) is 23.2 Å². The minimum absolute atomic E-state index is 0.0710. The zero-order chi connectivity index (χ0) is 14.4. The Morgan fingerprint density at radius 2 is 2.00 bits per heavy atom. The van der Waals surface area contributed by atoms with Crippen LogP contribution in [0.25, 0.3) is 0 Å². The first kappa shape index (κ1) is 15.6. The molecule has 19 heavy (non-hydrogen) atoms. The first-order valence-electron chi connectivity index (χ1n) is 5.45. The smallest absolute Gasteiger partial charge is 0.258 e. The summed E-state index contributed by atoms with van der Waals surface area (Å²) in [7, 11) is 3.22. The van der Waals surface area contributed by atoms with Crippen molar-refractivity contribution in [1.82, 2.24) is 10.2 Å². The SMILES string of the molecule is CN(C)C(=O)CNC(=O)COc1cc(Cl)ccc1Cl. The van der Waals surface area contributed by atoms with Gasteiger partial charge >= 0.3 is 0 Å². The monoisotopic (exact) mass is 304 g/mol. The summed E-state index contributed by atoms with van der Waals surface area (Å²) in [5, 5.41) is 3.26. The standard InChI is InChI=1S/C12H14Cl2N2O3/c1-16(2)12(18)6-15-11(17)7-19-10-5-8(13)3-4-9(10)14/h3-5H,6-7H2,1-2H3,(H,15,17). The number of halogens is 2. The Balaban J connectivity index is 2.42. The van der Waals surface area contributed by atoms with Gasteiger partial charge in [0.25, 0.3) is 5.91 Å². The number of amides is 2. The molecule has 0 heterocycles. The highest BCUT2D eigenvalue weighted by molar-refractivity contribution is 6.34. The molecule has 0 saturated carbocycles. The van der Waals surface area contributed by atoms with Gasteiger partial charge in [-0.05, 0) is 12.1 Å². The summed E-state index contributed by atoms with van der Waals surface area (Å²) in [6, 6.07) is 4.71. The van der Waals surface area contributed by atoms with E-state index in [9.17, 15) is 9.59 Å². The van der Waals surface area contributed by atoms with E-state index in [0.29, 0.717) is 15.8 Å². The van der Waals surface area contributed by atoms with Crippen LogP contribution in [0, 0.1) is 0 Å². The van der Waals surface area contributed by atoms with Crippen LogP contribution in [-0.2, 0) is 9.59 Å². The maximum Gasteiger partial charge on any atom is 0.258 e. The van der Waals surface area contributed by atoms with Gasteiger partial charge in [0.1, 0.15) is 5.75 Å². The van der Waals surface area contributed by atoms with Crippen molar-refractivity contribution in [3.8, 4) is 5.75 Å². The molecular formula is C12H14Cl2N2O3. The molecule has 1 aromatic rings. The van der Waals surface area contributed by atoms with Crippen molar-refractivity contribution in [1.29, 1.82) is 0 Å².